The summed E-state index contributed by atoms with van der Waals surface area (Å²) in [5, 5.41) is 10.4. The number of aromatic nitrogens is 3. The predicted molar refractivity (Wildman–Crippen MR) is 85.3 cm³/mol. The summed E-state index contributed by atoms with van der Waals surface area (Å²) in [6.45, 7) is 0.851. The van der Waals surface area contributed by atoms with Crippen molar-refractivity contribution in [1.29, 1.82) is 0 Å². The topological polar surface area (TPSA) is 103 Å². The number of rotatable bonds is 5. The number of benzene rings is 1. The summed E-state index contributed by atoms with van der Waals surface area (Å²) in [6, 6.07) is 9.33. The van der Waals surface area contributed by atoms with Gasteiger partial charge in [-0.25, -0.2) is 0 Å². The largest absolute Gasteiger partial charge is 0.368 e. The molecule has 3 heterocycles. The Morgan fingerprint density at radius 2 is 2.12 bits per heavy atom. The summed E-state index contributed by atoms with van der Waals surface area (Å²) in [5.41, 5.74) is 1.14. The molecular formula is C17H16N4O4. The van der Waals surface area contributed by atoms with E-state index < -0.39 is 0 Å². The highest BCUT2D eigenvalue weighted by molar-refractivity contribution is 5.99. The molecule has 0 aliphatic carbocycles. The number of hydrogen-bond donors (Lipinski definition) is 1. The Morgan fingerprint density at radius 1 is 1.24 bits per heavy atom. The summed E-state index contributed by atoms with van der Waals surface area (Å²) in [7, 11) is 0. The van der Waals surface area contributed by atoms with Crippen LogP contribution in [0.25, 0.3) is 11.3 Å². The molecule has 25 heavy (non-hydrogen) atoms. The molecule has 0 saturated carbocycles. The molecule has 3 aromatic rings. The number of carbonyl (C=O) groups excluding carboxylic acids is 1. The number of ether oxygens (including phenoxy) is 1. The molecule has 8 nitrogen and oxygen atoms in total. The Labute approximate surface area is 143 Å². The molecule has 0 bridgehead atoms. The minimum atomic E-state index is -0.316. The molecule has 2 aromatic heterocycles. The summed E-state index contributed by atoms with van der Waals surface area (Å²) in [4.78, 5) is 16.7. The SMILES string of the molecule is O=C(NCc1noc([C@@H]2CCCO2)n1)c1cnoc1-c1ccccc1. The van der Waals surface area contributed by atoms with E-state index in [4.69, 9.17) is 13.8 Å². The lowest BCUT2D eigenvalue weighted by molar-refractivity contribution is 0.0835. The number of nitrogens with one attached hydrogen (secondary N) is 1. The molecule has 1 saturated heterocycles. The van der Waals surface area contributed by atoms with Gasteiger partial charge in [0.05, 0.1) is 12.7 Å². The van der Waals surface area contributed by atoms with Gasteiger partial charge in [0, 0.05) is 12.2 Å². The van der Waals surface area contributed by atoms with Crippen molar-refractivity contribution in [2.24, 2.45) is 0 Å². The normalized spacial score (nSPS) is 16.9. The fraction of sp³-hybridized carbons (Fsp3) is 0.294. The van der Waals surface area contributed by atoms with Crippen LogP contribution < -0.4 is 5.32 Å². The van der Waals surface area contributed by atoms with Crippen LogP contribution in [0.15, 0.2) is 45.6 Å². The minimum absolute atomic E-state index is 0.139. The van der Waals surface area contributed by atoms with Gasteiger partial charge < -0.3 is 19.1 Å². The maximum absolute atomic E-state index is 12.4. The van der Waals surface area contributed by atoms with E-state index in [0.717, 1.165) is 18.4 Å². The molecule has 1 N–H and O–H groups in total. The lowest BCUT2D eigenvalue weighted by atomic mass is 10.1. The van der Waals surface area contributed by atoms with Crippen molar-refractivity contribution in [1.82, 2.24) is 20.6 Å². The van der Waals surface area contributed by atoms with Crippen LogP contribution in [0.3, 0.4) is 0 Å². The number of amides is 1. The van der Waals surface area contributed by atoms with E-state index in [-0.39, 0.29) is 18.6 Å². The van der Waals surface area contributed by atoms with Gasteiger partial charge in [-0.15, -0.1) is 0 Å². The number of nitrogens with zero attached hydrogens (tertiary/aromatic N) is 3. The average molecular weight is 340 g/mol. The third kappa shape index (κ3) is 3.29. The van der Waals surface area contributed by atoms with Crippen molar-refractivity contribution in [2.45, 2.75) is 25.5 Å². The maximum atomic E-state index is 12.4. The molecule has 1 aromatic carbocycles. The average Bonchev–Trinajstić information content (AvgIpc) is 3.41. The van der Waals surface area contributed by atoms with Crippen molar-refractivity contribution >= 4 is 5.91 Å². The zero-order chi connectivity index (χ0) is 17.1. The van der Waals surface area contributed by atoms with Gasteiger partial charge in [-0.3, -0.25) is 4.79 Å². The van der Waals surface area contributed by atoms with Gasteiger partial charge in [-0.2, -0.15) is 4.98 Å². The molecule has 1 fully saturated rings. The highest BCUT2D eigenvalue weighted by Gasteiger charge is 2.24. The first-order valence-corrected chi connectivity index (χ1v) is 8.03. The molecule has 1 aliphatic rings. The van der Waals surface area contributed by atoms with E-state index in [2.05, 4.69) is 20.6 Å². The Balaban J connectivity index is 1.42. The Morgan fingerprint density at radius 3 is 2.92 bits per heavy atom. The molecule has 128 valence electrons. The summed E-state index contributed by atoms with van der Waals surface area (Å²) in [6.07, 6.45) is 3.11. The first kappa shape index (κ1) is 15.5. The van der Waals surface area contributed by atoms with Gasteiger partial charge in [-0.05, 0) is 12.8 Å². The predicted octanol–water partition coefficient (Wildman–Crippen LogP) is 2.51. The fourth-order valence-electron chi connectivity index (χ4n) is 2.70. The van der Waals surface area contributed by atoms with Crippen LogP contribution in [0.1, 0.15) is 41.0 Å². The lowest BCUT2D eigenvalue weighted by Gasteiger charge is -2.02. The van der Waals surface area contributed by atoms with Crippen LogP contribution in [0.2, 0.25) is 0 Å². The summed E-state index contributed by atoms with van der Waals surface area (Å²) >= 11 is 0. The highest BCUT2D eigenvalue weighted by atomic mass is 16.5. The zero-order valence-corrected chi connectivity index (χ0v) is 13.3. The van der Waals surface area contributed by atoms with Crippen LogP contribution in [-0.4, -0.2) is 27.8 Å². The monoisotopic (exact) mass is 340 g/mol. The smallest absolute Gasteiger partial charge is 0.257 e. The maximum Gasteiger partial charge on any atom is 0.257 e. The van der Waals surface area contributed by atoms with Gasteiger partial charge >= 0.3 is 0 Å². The van der Waals surface area contributed by atoms with E-state index >= 15 is 0 Å². The Hall–Kier alpha value is -3.00. The van der Waals surface area contributed by atoms with Crippen LogP contribution >= 0.6 is 0 Å². The van der Waals surface area contributed by atoms with E-state index in [1.165, 1.54) is 6.20 Å². The summed E-state index contributed by atoms with van der Waals surface area (Å²) < 4.78 is 15.9. The second kappa shape index (κ2) is 6.86. The Bertz CT molecular complexity index is 852. The van der Waals surface area contributed by atoms with E-state index in [1.54, 1.807) is 0 Å². The number of carbonyl (C=O) groups is 1. The first-order chi connectivity index (χ1) is 12.3. The fourth-order valence-corrected chi connectivity index (χ4v) is 2.70. The van der Waals surface area contributed by atoms with Crippen LogP contribution in [0, 0.1) is 0 Å². The van der Waals surface area contributed by atoms with Crippen molar-refractivity contribution < 1.29 is 18.6 Å². The van der Waals surface area contributed by atoms with Gasteiger partial charge in [0.1, 0.15) is 11.7 Å². The standard InChI is InChI=1S/C17H16N4O4/c22-16(12-9-19-24-15(12)11-5-2-1-3-6-11)18-10-14-20-17(25-21-14)13-7-4-8-23-13/h1-3,5-6,9,13H,4,7-8,10H2,(H,18,22)/t13-/m0/s1. The zero-order valence-electron chi connectivity index (χ0n) is 13.3. The second-order valence-corrected chi connectivity index (χ2v) is 5.67. The van der Waals surface area contributed by atoms with Crippen LogP contribution in [0.4, 0.5) is 0 Å². The van der Waals surface area contributed by atoms with Gasteiger partial charge in [0.15, 0.2) is 11.6 Å². The minimum Gasteiger partial charge on any atom is -0.368 e. The van der Waals surface area contributed by atoms with Gasteiger partial charge in [0.25, 0.3) is 11.8 Å². The van der Waals surface area contributed by atoms with E-state index in [1.807, 2.05) is 30.3 Å². The molecule has 8 heteroatoms. The third-order valence-corrected chi connectivity index (χ3v) is 3.95. The molecule has 0 radical (unpaired) electrons. The lowest BCUT2D eigenvalue weighted by Crippen LogP contribution is -2.23. The van der Waals surface area contributed by atoms with Crippen molar-refractivity contribution in [2.75, 3.05) is 6.61 Å². The van der Waals surface area contributed by atoms with Gasteiger partial charge in [0.2, 0.25) is 0 Å². The summed E-state index contributed by atoms with van der Waals surface area (Å²) in [5.74, 6) is 0.961. The highest BCUT2D eigenvalue weighted by Crippen LogP contribution is 2.27. The number of hydrogen-bond acceptors (Lipinski definition) is 7. The molecule has 1 amide bonds. The third-order valence-electron chi connectivity index (χ3n) is 3.95. The molecule has 0 unspecified atom stereocenters. The van der Waals surface area contributed by atoms with Crippen molar-refractivity contribution in [3.63, 3.8) is 0 Å². The quantitative estimate of drug-likeness (QED) is 0.761. The van der Waals surface area contributed by atoms with Gasteiger partial charge in [-0.1, -0.05) is 40.6 Å². The Kier molecular flexibility index (Phi) is 4.26. The molecule has 1 aliphatic heterocycles. The molecule has 4 rings (SSSR count). The van der Waals surface area contributed by atoms with Crippen molar-refractivity contribution in [3.8, 4) is 11.3 Å². The van der Waals surface area contributed by atoms with Crippen molar-refractivity contribution in [3.05, 3.63) is 53.8 Å². The second-order valence-electron chi connectivity index (χ2n) is 5.67. The molecular weight excluding hydrogens is 324 g/mol. The van der Waals surface area contributed by atoms with Crippen LogP contribution in [0.5, 0.6) is 0 Å². The van der Waals surface area contributed by atoms with E-state index in [9.17, 15) is 4.79 Å². The molecule has 1 atom stereocenters. The van der Waals surface area contributed by atoms with Crippen LogP contribution in [-0.2, 0) is 11.3 Å². The molecule has 0 spiro atoms. The first-order valence-electron chi connectivity index (χ1n) is 8.03. The van der Waals surface area contributed by atoms with E-state index in [0.29, 0.717) is 29.6 Å².